The summed E-state index contributed by atoms with van der Waals surface area (Å²) in [5.74, 6) is -0.727. The molecule has 2 unspecified atom stereocenters. The lowest BCUT2D eigenvalue weighted by Gasteiger charge is -2.44. The molecule has 0 aliphatic heterocycles. The molecule has 0 bridgehead atoms. The van der Waals surface area contributed by atoms with Gasteiger partial charge in [0.15, 0.2) is 0 Å². The standard InChI is InChI=1S/C25H42O5/c1-7-9-12-20-14-15-22(23(26)27)25(16-19(5)6,17-30-24(28)29-8-2)21(20)13-10-11-18(3)4/h14-15,18-19,22H,7-13,16-17H2,1-6H3,(H,26,27). The van der Waals surface area contributed by atoms with Crippen LogP contribution >= 0.6 is 0 Å². The zero-order chi connectivity index (χ0) is 22.7. The number of hydrogen-bond donors (Lipinski definition) is 1. The summed E-state index contributed by atoms with van der Waals surface area (Å²) >= 11 is 0. The Balaban J connectivity index is 3.44. The molecule has 2 atom stereocenters. The van der Waals surface area contributed by atoms with Crippen molar-refractivity contribution in [2.75, 3.05) is 13.2 Å². The van der Waals surface area contributed by atoms with Crippen LogP contribution in [0.1, 0.15) is 86.5 Å². The molecule has 0 aromatic carbocycles. The Kier molecular flexibility index (Phi) is 11.2. The fourth-order valence-corrected chi connectivity index (χ4v) is 4.58. The van der Waals surface area contributed by atoms with Gasteiger partial charge in [-0.2, -0.15) is 0 Å². The first-order chi connectivity index (χ1) is 14.2. The number of hydrogen-bond acceptors (Lipinski definition) is 4. The monoisotopic (exact) mass is 422 g/mol. The summed E-state index contributed by atoms with van der Waals surface area (Å²) < 4.78 is 10.5. The van der Waals surface area contributed by atoms with Crippen molar-refractivity contribution in [2.45, 2.75) is 86.5 Å². The third-order valence-corrected chi connectivity index (χ3v) is 5.83. The van der Waals surface area contributed by atoms with E-state index in [-0.39, 0.29) is 19.1 Å². The van der Waals surface area contributed by atoms with Crippen LogP contribution in [0.2, 0.25) is 0 Å². The van der Waals surface area contributed by atoms with Crippen LogP contribution in [0.25, 0.3) is 0 Å². The van der Waals surface area contributed by atoms with Gasteiger partial charge in [0, 0.05) is 5.41 Å². The quantitative estimate of drug-likeness (QED) is 0.331. The molecule has 0 radical (unpaired) electrons. The lowest BCUT2D eigenvalue weighted by atomic mass is 9.61. The van der Waals surface area contributed by atoms with Gasteiger partial charge in [-0.3, -0.25) is 4.79 Å². The van der Waals surface area contributed by atoms with Crippen LogP contribution in [0.5, 0.6) is 0 Å². The minimum atomic E-state index is -0.866. The second kappa shape index (κ2) is 12.8. The highest BCUT2D eigenvalue weighted by atomic mass is 16.7. The Morgan fingerprint density at radius 3 is 2.30 bits per heavy atom. The number of ether oxygens (including phenoxy) is 2. The van der Waals surface area contributed by atoms with Gasteiger partial charge in [-0.1, -0.05) is 65.2 Å². The number of aliphatic carboxylic acids is 1. The molecule has 30 heavy (non-hydrogen) atoms. The fraction of sp³-hybridized carbons (Fsp3) is 0.760. The van der Waals surface area contributed by atoms with Crippen molar-refractivity contribution in [1.29, 1.82) is 0 Å². The topological polar surface area (TPSA) is 72.8 Å². The Morgan fingerprint density at radius 2 is 1.77 bits per heavy atom. The first kappa shape index (κ1) is 26.3. The molecule has 172 valence electrons. The number of carbonyl (C=O) groups excluding carboxylic acids is 1. The van der Waals surface area contributed by atoms with Gasteiger partial charge in [0.25, 0.3) is 0 Å². The van der Waals surface area contributed by atoms with Crippen LogP contribution in [0, 0.1) is 23.2 Å². The number of carboxylic acids is 1. The molecule has 5 nitrogen and oxygen atoms in total. The predicted molar refractivity (Wildman–Crippen MR) is 120 cm³/mol. The van der Waals surface area contributed by atoms with E-state index in [1.807, 2.05) is 12.2 Å². The van der Waals surface area contributed by atoms with E-state index < -0.39 is 23.5 Å². The number of carboxylic acid groups (broad SMARTS) is 1. The van der Waals surface area contributed by atoms with Gasteiger partial charge in [-0.05, 0) is 56.4 Å². The van der Waals surface area contributed by atoms with Crippen LogP contribution in [0.3, 0.4) is 0 Å². The Hall–Kier alpha value is -1.78. The van der Waals surface area contributed by atoms with Gasteiger partial charge >= 0.3 is 12.1 Å². The van der Waals surface area contributed by atoms with Gasteiger partial charge in [0.2, 0.25) is 0 Å². The maximum atomic E-state index is 12.3. The zero-order valence-corrected chi connectivity index (χ0v) is 19.8. The Morgan fingerprint density at radius 1 is 1.07 bits per heavy atom. The zero-order valence-electron chi connectivity index (χ0n) is 19.8. The molecule has 0 amide bonds. The molecule has 1 aliphatic carbocycles. The van der Waals surface area contributed by atoms with Gasteiger partial charge in [0.05, 0.1) is 12.5 Å². The summed E-state index contributed by atoms with van der Waals surface area (Å²) in [5.41, 5.74) is 1.66. The summed E-state index contributed by atoms with van der Waals surface area (Å²) in [4.78, 5) is 24.4. The second-order valence-corrected chi connectivity index (χ2v) is 9.29. The van der Waals surface area contributed by atoms with E-state index in [2.05, 4.69) is 34.6 Å². The number of unbranched alkanes of at least 4 members (excludes halogenated alkanes) is 1. The molecule has 0 fully saturated rings. The van der Waals surface area contributed by atoms with Gasteiger partial charge in [0.1, 0.15) is 6.61 Å². The highest BCUT2D eigenvalue weighted by Gasteiger charge is 2.48. The fourth-order valence-electron chi connectivity index (χ4n) is 4.58. The van der Waals surface area contributed by atoms with Gasteiger partial charge < -0.3 is 14.6 Å². The summed E-state index contributed by atoms with van der Waals surface area (Å²) in [6, 6.07) is 0. The number of allylic oxidation sites excluding steroid dienone is 2. The average molecular weight is 423 g/mol. The highest BCUT2D eigenvalue weighted by molar-refractivity contribution is 5.75. The summed E-state index contributed by atoms with van der Waals surface area (Å²) in [6.07, 6.45) is 9.75. The van der Waals surface area contributed by atoms with Crippen LogP contribution in [0.4, 0.5) is 4.79 Å². The van der Waals surface area contributed by atoms with Crippen LogP contribution in [-0.2, 0) is 14.3 Å². The van der Waals surface area contributed by atoms with Crippen LogP contribution in [-0.4, -0.2) is 30.4 Å². The van der Waals surface area contributed by atoms with Crippen LogP contribution < -0.4 is 0 Å². The van der Waals surface area contributed by atoms with Crippen LogP contribution in [0.15, 0.2) is 23.3 Å². The third-order valence-electron chi connectivity index (χ3n) is 5.83. The molecule has 1 rings (SSSR count). The maximum Gasteiger partial charge on any atom is 0.508 e. The maximum absolute atomic E-state index is 12.3. The number of rotatable bonds is 13. The molecule has 0 saturated heterocycles. The Labute approximate surface area is 182 Å². The highest BCUT2D eigenvalue weighted by Crippen LogP contribution is 2.50. The van der Waals surface area contributed by atoms with Gasteiger partial charge in [-0.25, -0.2) is 4.79 Å². The van der Waals surface area contributed by atoms with Crippen molar-refractivity contribution < 1.29 is 24.2 Å². The first-order valence-corrected chi connectivity index (χ1v) is 11.6. The molecule has 1 N–H and O–H groups in total. The molecule has 0 spiro atoms. The van der Waals surface area contributed by atoms with Crippen molar-refractivity contribution in [1.82, 2.24) is 0 Å². The molecule has 5 heteroatoms. The molecule has 0 saturated carbocycles. The molecular weight excluding hydrogens is 380 g/mol. The molecule has 1 aliphatic rings. The predicted octanol–water partition coefficient (Wildman–Crippen LogP) is 6.78. The smallest absolute Gasteiger partial charge is 0.481 e. The van der Waals surface area contributed by atoms with Crippen molar-refractivity contribution >= 4 is 12.1 Å². The minimum Gasteiger partial charge on any atom is -0.481 e. The summed E-state index contributed by atoms with van der Waals surface area (Å²) in [5, 5.41) is 10.1. The van der Waals surface area contributed by atoms with E-state index in [1.165, 1.54) is 11.1 Å². The first-order valence-electron chi connectivity index (χ1n) is 11.6. The van der Waals surface area contributed by atoms with E-state index in [0.29, 0.717) is 12.3 Å². The molecule has 0 heterocycles. The average Bonchev–Trinajstić information content (AvgIpc) is 2.65. The lowest BCUT2D eigenvalue weighted by Crippen LogP contribution is -2.44. The second-order valence-electron chi connectivity index (χ2n) is 9.29. The van der Waals surface area contributed by atoms with Gasteiger partial charge in [-0.15, -0.1) is 0 Å². The third kappa shape index (κ3) is 7.48. The number of carbonyl (C=O) groups is 2. The van der Waals surface area contributed by atoms with Crippen molar-refractivity contribution in [3.8, 4) is 0 Å². The molecule has 0 aromatic rings. The summed E-state index contributed by atoms with van der Waals surface area (Å²) in [6.45, 7) is 12.8. The van der Waals surface area contributed by atoms with E-state index >= 15 is 0 Å². The van der Waals surface area contributed by atoms with E-state index in [9.17, 15) is 14.7 Å². The summed E-state index contributed by atoms with van der Waals surface area (Å²) in [7, 11) is 0. The minimum absolute atomic E-state index is 0.0396. The van der Waals surface area contributed by atoms with Crippen molar-refractivity contribution in [2.24, 2.45) is 23.2 Å². The molecule has 0 aromatic heterocycles. The Bertz CT molecular complexity index is 617. The normalized spacial score (nSPS) is 21.4. The van der Waals surface area contributed by atoms with E-state index in [0.717, 1.165) is 38.5 Å². The van der Waals surface area contributed by atoms with Crippen molar-refractivity contribution in [3.05, 3.63) is 23.3 Å². The largest absolute Gasteiger partial charge is 0.508 e. The molecular formula is C25H42O5. The lowest BCUT2D eigenvalue weighted by molar-refractivity contribution is -0.145. The van der Waals surface area contributed by atoms with E-state index in [4.69, 9.17) is 9.47 Å². The van der Waals surface area contributed by atoms with E-state index in [1.54, 1.807) is 6.92 Å². The SMILES string of the molecule is CCCCC1=C(CCCC(C)C)C(COC(=O)OCC)(CC(C)C)C(C(=O)O)C=C1. The van der Waals surface area contributed by atoms with Crippen molar-refractivity contribution in [3.63, 3.8) is 0 Å².